The smallest absolute Gasteiger partial charge is 0.421 e. The summed E-state index contributed by atoms with van der Waals surface area (Å²) in [5, 5.41) is 10.1. The molecule has 0 radical (unpaired) electrons. The summed E-state index contributed by atoms with van der Waals surface area (Å²) in [5.41, 5.74) is -3.41. The fourth-order valence-corrected chi connectivity index (χ4v) is 2.03. The van der Waals surface area contributed by atoms with Crippen LogP contribution in [0.15, 0.2) is 18.2 Å². The summed E-state index contributed by atoms with van der Waals surface area (Å²) in [5.74, 6) is 0.0181. The SMILES string of the molecule is CCCCOc1cccc(OCCCC)c1C(C)(O)C(F)(F)F. The first-order chi connectivity index (χ1) is 10.8. The van der Waals surface area contributed by atoms with Gasteiger partial charge in [0.15, 0.2) is 5.60 Å². The Labute approximate surface area is 135 Å². The molecule has 0 aliphatic carbocycles. The molecule has 1 aromatic rings. The third-order valence-corrected chi connectivity index (χ3v) is 3.54. The van der Waals surface area contributed by atoms with Gasteiger partial charge in [0.2, 0.25) is 0 Å². The molecule has 23 heavy (non-hydrogen) atoms. The molecular weight excluding hydrogens is 309 g/mol. The summed E-state index contributed by atoms with van der Waals surface area (Å²) in [6.07, 6.45) is -1.68. The van der Waals surface area contributed by atoms with E-state index in [1.54, 1.807) is 6.07 Å². The first-order valence-corrected chi connectivity index (χ1v) is 7.93. The number of halogens is 3. The van der Waals surface area contributed by atoms with Crippen molar-refractivity contribution in [3.05, 3.63) is 23.8 Å². The summed E-state index contributed by atoms with van der Waals surface area (Å²) in [7, 11) is 0. The molecule has 6 heteroatoms. The largest absolute Gasteiger partial charge is 0.493 e. The van der Waals surface area contributed by atoms with E-state index in [0.717, 1.165) is 19.8 Å². The number of rotatable bonds is 9. The first kappa shape index (κ1) is 19.6. The highest BCUT2D eigenvalue weighted by Gasteiger charge is 2.54. The van der Waals surface area contributed by atoms with Crippen LogP contribution in [0.4, 0.5) is 13.2 Å². The molecule has 0 aliphatic heterocycles. The van der Waals surface area contributed by atoms with Crippen LogP contribution >= 0.6 is 0 Å². The van der Waals surface area contributed by atoms with Crippen molar-refractivity contribution in [2.45, 2.75) is 58.2 Å². The molecule has 0 spiro atoms. The number of benzene rings is 1. The summed E-state index contributed by atoms with van der Waals surface area (Å²) in [6, 6.07) is 4.42. The van der Waals surface area contributed by atoms with E-state index in [4.69, 9.17) is 9.47 Å². The molecule has 1 aromatic carbocycles. The molecule has 0 fully saturated rings. The van der Waals surface area contributed by atoms with E-state index >= 15 is 0 Å². The quantitative estimate of drug-likeness (QED) is 0.658. The minimum Gasteiger partial charge on any atom is -0.493 e. The maximum absolute atomic E-state index is 13.3. The predicted molar refractivity (Wildman–Crippen MR) is 82.9 cm³/mol. The summed E-state index contributed by atoms with van der Waals surface area (Å²) < 4.78 is 50.8. The maximum atomic E-state index is 13.3. The van der Waals surface area contributed by atoms with E-state index in [2.05, 4.69) is 0 Å². The molecule has 0 heterocycles. The Morgan fingerprint density at radius 1 is 0.957 bits per heavy atom. The minimum absolute atomic E-state index is 0.00905. The molecule has 0 amide bonds. The topological polar surface area (TPSA) is 38.7 Å². The second-order valence-corrected chi connectivity index (χ2v) is 5.60. The van der Waals surface area contributed by atoms with E-state index < -0.39 is 11.8 Å². The van der Waals surface area contributed by atoms with Gasteiger partial charge in [0.1, 0.15) is 11.5 Å². The lowest BCUT2D eigenvalue weighted by Gasteiger charge is -2.30. The maximum Gasteiger partial charge on any atom is 0.421 e. The van der Waals surface area contributed by atoms with Gasteiger partial charge in [-0.1, -0.05) is 32.8 Å². The van der Waals surface area contributed by atoms with Gasteiger partial charge in [-0.3, -0.25) is 0 Å². The van der Waals surface area contributed by atoms with Crippen molar-refractivity contribution >= 4 is 0 Å². The standard InChI is InChI=1S/C17H25F3O3/c1-4-6-11-22-13-9-8-10-14(23-12-7-5-2)15(13)16(3,21)17(18,19)20/h8-10,21H,4-7,11-12H2,1-3H3. The molecule has 0 aromatic heterocycles. The van der Waals surface area contributed by atoms with E-state index in [0.29, 0.717) is 12.8 Å². The van der Waals surface area contributed by atoms with Gasteiger partial charge in [-0.05, 0) is 31.9 Å². The molecule has 132 valence electrons. The summed E-state index contributed by atoms with van der Waals surface area (Å²) in [6.45, 7) is 5.22. The molecule has 0 saturated heterocycles. The van der Waals surface area contributed by atoms with Gasteiger partial charge in [-0.15, -0.1) is 0 Å². The third kappa shape index (κ3) is 5.03. The Balaban J connectivity index is 3.22. The van der Waals surface area contributed by atoms with Crippen molar-refractivity contribution in [3.8, 4) is 11.5 Å². The van der Waals surface area contributed by atoms with Crippen LogP contribution in [-0.2, 0) is 5.60 Å². The zero-order chi connectivity index (χ0) is 17.5. The van der Waals surface area contributed by atoms with Crippen molar-refractivity contribution in [3.63, 3.8) is 0 Å². The number of aliphatic hydroxyl groups is 1. The number of unbranched alkanes of at least 4 members (excludes halogenated alkanes) is 2. The molecule has 0 saturated carbocycles. The Bertz CT molecular complexity index is 456. The second kappa shape index (κ2) is 8.43. The van der Waals surface area contributed by atoms with Gasteiger partial charge in [0.25, 0.3) is 0 Å². The third-order valence-electron chi connectivity index (χ3n) is 3.54. The second-order valence-electron chi connectivity index (χ2n) is 5.60. The van der Waals surface area contributed by atoms with Crippen LogP contribution in [0, 0.1) is 0 Å². The van der Waals surface area contributed by atoms with Gasteiger partial charge >= 0.3 is 6.18 Å². The zero-order valence-electron chi connectivity index (χ0n) is 13.9. The zero-order valence-corrected chi connectivity index (χ0v) is 13.9. The van der Waals surface area contributed by atoms with E-state index in [1.165, 1.54) is 12.1 Å². The average Bonchev–Trinajstić information content (AvgIpc) is 2.46. The van der Waals surface area contributed by atoms with Crippen LogP contribution in [-0.4, -0.2) is 24.5 Å². The normalized spacial score (nSPS) is 14.4. The van der Waals surface area contributed by atoms with Crippen molar-refractivity contribution in [2.75, 3.05) is 13.2 Å². The van der Waals surface area contributed by atoms with E-state index in [1.807, 2.05) is 13.8 Å². The Hall–Kier alpha value is -1.43. The molecule has 1 unspecified atom stereocenters. The molecular formula is C17H25F3O3. The van der Waals surface area contributed by atoms with Crippen molar-refractivity contribution in [1.29, 1.82) is 0 Å². The Morgan fingerprint density at radius 2 is 1.39 bits per heavy atom. The molecule has 0 bridgehead atoms. The van der Waals surface area contributed by atoms with Crippen LogP contribution in [0.5, 0.6) is 11.5 Å². The molecule has 1 rings (SSSR count). The number of alkyl halides is 3. The average molecular weight is 334 g/mol. The van der Waals surface area contributed by atoms with Gasteiger partial charge in [0, 0.05) is 0 Å². The highest BCUT2D eigenvalue weighted by atomic mass is 19.4. The van der Waals surface area contributed by atoms with Gasteiger partial charge < -0.3 is 14.6 Å². The first-order valence-electron chi connectivity index (χ1n) is 7.93. The Kier molecular flexibility index (Phi) is 7.19. The lowest BCUT2D eigenvalue weighted by Crippen LogP contribution is -2.40. The Morgan fingerprint density at radius 3 is 1.74 bits per heavy atom. The number of ether oxygens (including phenoxy) is 2. The highest BCUT2D eigenvalue weighted by molar-refractivity contribution is 5.49. The van der Waals surface area contributed by atoms with E-state index in [-0.39, 0.29) is 30.3 Å². The van der Waals surface area contributed by atoms with Crippen LogP contribution in [0.1, 0.15) is 52.0 Å². The van der Waals surface area contributed by atoms with Crippen LogP contribution in [0.3, 0.4) is 0 Å². The fourth-order valence-electron chi connectivity index (χ4n) is 2.03. The van der Waals surface area contributed by atoms with Crippen molar-refractivity contribution in [2.24, 2.45) is 0 Å². The molecule has 1 N–H and O–H groups in total. The molecule has 0 aliphatic rings. The fraction of sp³-hybridized carbons (Fsp3) is 0.647. The lowest BCUT2D eigenvalue weighted by atomic mass is 9.93. The van der Waals surface area contributed by atoms with Gasteiger partial charge in [-0.25, -0.2) is 0 Å². The summed E-state index contributed by atoms with van der Waals surface area (Å²) >= 11 is 0. The number of hydrogen-bond donors (Lipinski definition) is 1. The molecule has 3 nitrogen and oxygen atoms in total. The summed E-state index contributed by atoms with van der Waals surface area (Å²) in [4.78, 5) is 0. The lowest BCUT2D eigenvalue weighted by molar-refractivity contribution is -0.259. The minimum atomic E-state index is -4.83. The van der Waals surface area contributed by atoms with Gasteiger partial charge in [0.05, 0.1) is 18.8 Å². The van der Waals surface area contributed by atoms with E-state index in [9.17, 15) is 18.3 Å². The van der Waals surface area contributed by atoms with Crippen LogP contribution in [0.2, 0.25) is 0 Å². The van der Waals surface area contributed by atoms with Gasteiger partial charge in [-0.2, -0.15) is 13.2 Å². The predicted octanol–water partition coefficient (Wildman–Crippen LogP) is 4.81. The van der Waals surface area contributed by atoms with Crippen LogP contribution < -0.4 is 9.47 Å². The molecule has 1 atom stereocenters. The highest BCUT2D eigenvalue weighted by Crippen LogP contribution is 2.46. The van der Waals surface area contributed by atoms with Crippen LogP contribution in [0.25, 0.3) is 0 Å². The van der Waals surface area contributed by atoms with Crippen molar-refractivity contribution < 1.29 is 27.8 Å². The monoisotopic (exact) mass is 334 g/mol. The van der Waals surface area contributed by atoms with Crippen molar-refractivity contribution in [1.82, 2.24) is 0 Å². The number of hydrogen-bond acceptors (Lipinski definition) is 3.